The number of benzene rings is 2. The van der Waals surface area contributed by atoms with Gasteiger partial charge >= 0.3 is 5.97 Å². The summed E-state index contributed by atoms with van der Waals surface area (Å²) in [4.78, 5) is 12.5. The summed E-state index contributed by atoms with van der Waals surface area (Å²) in [5, 5.41) is 0. The number of ether oxygens (including phenoxy) is 1. The van der Waals surface area contributed by atoms with Crippen LogP contribution in [0.25, 0.3) is 0 Å². The maximum absolute atomic E-state index is 12.5. The van der Waals surface area contributed by atoms with E-state index < -0.39 is 0 Å². The van der Waals surface area contributed by atoms with Gasteiger partial charge in [0, 0.05) is 6.04 Å². The van der Waals surface area contributed by atoms with Gasteiger partial charge in [-0.3, -0.25) is 4.79 Å². The molecule has 3 nitrogen and oxygen atoms in total. The molecule has 0 saturated carbocycles. The van der Waals surface area contributed by atoms with Crippen molar-refractivity contribution in [3.8, 4) is 0 Å². The molecule has 0 saturated heterocycles. The molecule has 120 valence electrons. The Morgan fingerprint density at radius 2 is 1.87 bits per heavy atom. The first-order valence-corrected chi connectivity index (χ1v) is 8.28. The van der Waals surface area contributed by atoms with Crippen LogP contribution in [0.3, 0.4) is 0 Å². The Labute approximate surface area is 137 Å². The van der Waals surface area contributed by atoms with Crippen molar-refractivity contribution in [3.63, 3.8) is 0 Å². The van der Waals surface area contributed by atoms with E-state index in [0.717, 1.165) is 36.0 Å². The Morgan fingerprint density at radius 1 is 1.09 bits per heavy atom. The molecular formula is C20H23NO2. The van der Waals surface area contributed by atoms with E-state index in [4.69, 9.17) is 10.5 Å². The van der Waals surface area contributed by atoms with Crippen molar-refractivity contribution in [2.75, 3.05) is 0 Å². The first kappa shape index (κ1) is 15.8. The standard InChI is InChI=1S/C20H23NO2/c1-2-14-8-9-16-17(10-11-19(21)18(16)12-14)20(22)23-13-15-6-4-3-5-7-15/h3-9,12,17,19H,2,10-11,13,21H2,1H3. The molecule has 0 aromatic heterocycles. The minimum Gasteiger partial charge on any atom is -0.460 e. The van der Waals surface area contributed by atoms with Gasteiger partial charge in [-0.2, -0.15) is 0 Å². The van der Waals surface area contributed by atoms with Crippen LogP contribution < -0.4 is 5.73 Å². The lowest BCUT2D eigenvalue weighted by molar-refractivity contribution is -0.147. The zero-order valence-corrected chi connectivity index (χ0v) is 13.5. The first-order valence-electron chi connectivity index (χ1n) is 8.28. The fraction of sp³-hybridized carbons (Fsp3) is 0.350. The molecule has 23 heavy (non-hydrogen) atoms. The van der Waals surface area contributed by atoms with Crippen molar-refractivity contribution in [2.24, 2.45) is 5.73 Å². The van der Waals surface area contributed by atoms with Crippen LogP contribution in [0, 0.1) is 0 Å². The molecule has 0 radical (unpaired) electrons. The third-order valence-electron chi connectivity index (χ3n) is 4.61. The van der Waals surface area contributed by atoms with Gasteiger partial charge in [-0.1, -0.05) is 55.5 Å². The second-order valence-electron chi connectivity index (χ2n) is 6.15. The minimum atomic E-state index is -0.195. The Hall–Kier alpha value is -2.13. The molecule has 0 heterocycles. The summed E-state index contributed by atoms with van der Waals surface area (Å²) < 4.78 is 5.54. The third-order valence-corrected chi connectivity index (χ3v) is 4.61. The average molecular weight is 309 g/mol. The second kappa shape index (κ2) is 6.97. The number of carbonyl (C=O) groups excluding carboxylic acids is 1. The molecule has 0 spiro atoms. The molecule has 2 aromatic carbocycles. The molecule has 2 aromatic rings. The predicted molar refractivity (Wildman–Crippen MR) is 91.0 cm³/mol. The third kappa shape index (κ3) is 3.45. The van der Waals surface area contributed by atoms with Crippen LogP contribution >= 0.6 is 0 Å². The van der Waals surface area contributed by atoms with Gasteiger partial charge in [0.1, 0.15) is 6.61 Å². The summed E-state index contributed by atoms with van der Waals surface area (Å²) in [5.41, 5.74) is 10.7. The molecule has 0 amide bonds. The molecule has 2 N–H and O–H groups in total. The van der Waals surface area contributed by atoms with Crippen molar-refractivity contribution in [1.82, 2.24) is 0 Å². The number of aryl methyl sites for hydroxylation is 1. The van der Waals surface area contributed by atoms with Crippen LogP contribution in [-0.2, 0) is 22.6 Å². The highest BCUT2D eigenvalue weighted by atomic mass is 16.5. The highest BCUT2D eigenvalue weighted by Crippen LogP contribution is 2.37. The Kier molecular flexibility index (Phi) is 4.77. The lowest BCUT2D eigenvalue weighted by Crippen LogP contribution is -2.26. The Morgan fingerprint density at radius 3 is 2.61 bits per heavy atom. The van der Waals surface area contributed by atoms with Gasteiger partial charge in [-0.15, -0.1) is 0 Å². The monoisotopic (exact) mass is 309 g/mol. The lowest BCUT2D eigenvalue weighted by Gasteiger charge is -2.29. The van der Waals surface area contributed by atoms with Crippen molar-refractivity contribution >= 4 is 5.97 Å². The number of hydrogen-bond acceptors (Lipinski definition) is 3. The summed E-state index contributed by atoms with van der Waals surface area (Å²) in [6.45, 7) is 2.45. The zero-order valence-electron chi connectivity index (χ0n) is 13.5. The molecule has 2 atom stereocenters. The topological polar surface area (TPSA) is 52.3 Å². The fourth-order valence-corrected chi connectivity index (χ4v) is 3.21. The lowest BCUT2D eigenvalue weighted by atomic mass is 9.79. The van der Waals surface area contributed by atoms with Gasteiger partial charge in [-0.05, 0) is 41.5 Å². The van der Waals surface area contributed by atoms with Crippen molar-refractivity contribution in [1.29, 1.82) is 0 Å². The maximum atomic E-state index is 12.5. The molecule has 2 unspecified atom stereocenters. The van der Waals surface area contributed by atoms with E-state index >= 15 is 0 Å². The van der Waals surface area contributed by atoms with E-state index in [2.05, 4.69) is 25.1 Å². The molecule has 0 fully saturated rings. The molecule has 3 rings (SSSR count). The van der Waals surface area contributed by atoms with Gasteiger partial charge in [0.05, 0.1) is 5.92 Å². The number of fused-ring (bicyclic) bond motifs is 1. The van der Waals surface area contributed by atoms with Crippen LogP contribution in [-0.4, -0.2) is 5.97 Å². The van der Waals surface area contributed by atoms with Gasteiger partial charge in [-0.25, -0.2) is 0 Å². The summed E-state index contributed by atoms with van der Waals surface area (Å²) >= 11 is 0. The van der Waals surface area contributed by atoms with E-state index in [1.54, 1.807) is 0 Å². The van der Waals surface area contributed by atoms with Crippen LogP contribution in [0.2, 0.25) is 0 Å². The molecule has 3 heteroatoms. The number of esters is 1. The summed E-state index contributed by atoms with van der Waals surface area (Å²) in [5.74, 6) is -0.342. The highest BCUT2D eigenvalue weighted by Gasteiger charge is 2.31. The van der Waals surface area contributed by atoms with Gasteiger partial charge in [0.2, 0.25) is 0 Å². The van der Waals surface area contributed by atoms with E-state index in [-0.39, 0.29) is 17.9 Å². The van der Waals surface area contributed by atoms with Gasteiger partial charge in [0.15, 0.2) is 0 Å². The Balaban J connectivity index is 1.76. The van der Waals surface area contributed by atoms with Gasteiger partial charge < -0.3 is 10.5 Å². The van der Waals surface area contributed by atoms with E-state index in [9.17, 15) is 4.79 Å². The minimum absolute atomic E-state index is 0.0228. The maximum Gasteiger partial charge on any atom is 0.313 e. The van der Waals surface area contributed by atoms with E-state index in [1.807, 2.05) is 30.3 Å². The van der Waals surface area contributed by atoms with E-state index in [1.165, 1.54) is 5.56 Å². The van der Waals surface area contributed by atoms with Crippen molar-refractivity contribution in [3.05, 3.63) is 70.8 Å². The molecule has 0 aliphatic heterocycles. The zero-order chi connectivity index (χ0) is 16.2. The molecule has 1 aliphatic rings. The van der Waals surface area contributed by atoms with E-state index in [0.29, 0.717) is 6.61 Å². The predicted octanol–water partition coefficient (Wildman–Crippen LogP) is 3.87. The smallest absolute Gasteiger partial charge is 0.313 e. The Bertz CT molecular complexity index is 681. The summed E-state index contributed by atoms with van der Waals surface area (Å²) in [6, 6.07) is 16.1. The fourth-order valence-electron chi connectivity index (χ4n) is 3.21. The largest absolute Gasteiger partial charge is 0.460 e. The van der Waals surface area contributed by atoms with Crippen molar-refractivity contribution < 1.29 is 9.53 Å². The highest BCUT2D eigenvalue weighted by molar-refractivity contribution is 5.79. The molecule has 0 bridgehead atoms. The molecule has 1 aliphatic carbocycles. The second-order valence-corrected chi connectivity index (χ2v) is 6.15. The first-order chi connectivity index (χ1) is 11.2. The summed E-state index contributed by atoms with van der Waals surface area (Å²) in [6.07, 6.45) is 2.56. The molecular weight excluding hydrogens is 286 g/mol. The number of carbonyl (C=O) groups is 1. The summed E-state index contributed by atoms with van der Waals surface area (Å²) in [7, 11) is 0. The normalized spacial score (nSPS) is 19.9. The SMILES string of the molecule is CCc1ccc2c(c1)C(N)CCC2C(=O)OCc1ccccc1. The van der Waals surface area contributed by atoms with Crippen LogP contribution in [0.4, 0.5) is 0 Å². The van der Waals surface area contributed by atoms with Crippen LogP contribution in [0.1, 0.15) is 54.0 Å². The van der Waals surface area contributed by atoms with Crippen molar-refractivity contribution in [2.45, 2.75) is 44.8 Å². The van der Waals surface area contributed by atoms with Gasteiger partial charge in [0.25, 0.3) is 0 Å². The number of rotatable bonds is 4. The van der Waals surface area contributed by atoms with Crippen LogP contribution in [0.15, 0.2) is 48.5 Å². The number of nitrogens with two attached hydrogens (primary N) is 1. The quantitative estimate of drug-likeness (QED) is 0.872. The average Bonchev–Trinajstić information content (AvgIpc) is 2.60. The number of hydrogen-bond donors (Lipinski definition) is 1. The van der Waals surface area contributed by atoms with Crippen LogP contribution in [0.5, 0.6) is 0 Å².